The minimum Gasteiger partial charge on any atom is -0.480 e. The Morgan fingerprint density at radius 3 is 1.57 bits per heavy atom. The van der Waals surface area contributed by atoms with E-state index >= 15 is 0 Å². The summed E-state index contributed by atoms with van der Waals surface area (Å²) >= 11 is 0. The van der Waals surface area contributed by atoms with Crippen LogP contribution in [0.2, 0.25) is 0 Å². The number of nitrogens with two attached hydrogens (primary N) is 3. The zero-order chi connectivity index (χ0) is 39.6. The van der Waals surface area contributed by atoms with Gasteiger partial charge in [0.05, 0.1) is 25.7 Å². The Morgan fingerprint density at radius 1 is 0.608 bits per heavy atom. The van der Waals surface area contributed by atoms with Crippen LogP contribution >= 0.6 is 0 Å². The van der Waals surface area contributed by atoms with Crippen molar-refractivity contribution in [3.63, 3.8) is 0 Å². The lowest BCUT2D eigenvalue weighted by molar-refractivity contribution is -0.143. The van der Waals surface area contributed by atoms with Gasteiger partial charge >= 0.3 is 5.97 Å². The molecule has 21 nitrogen and oxygen atoms in total. The summed E-state index contributed by atoms with van der Waals surface area (Å²) < 4.78 is 0. The van der Waals surface area contributed by atoms with Gasteiger partial charge in [0.25, 0.3) is 0 Å². The van der Waals surface area contributed by atoms with Gasteiger partial charge in [-0.25, -0.2) is 4.79 Å². The van der Waals surface area contributed by atoms with E-state index in [1.165, 1.54) is 6.92 Å². The molecule has 0 aliphatic rings. The Kier molecular flexibility index (Phi) is 20.6. The second-order valence-electron chi connectivity index (χ2n) is 12.5. The number of aliphatic carboxylic acids is 1. The van der Waals surface area contributed by atoms with Crippen LogP contribution in [0.5, 0.6) is 0 Å². The van der Waals surface area contributed by atoms with Crippen molar-refractivity contribution in [1.29, 1.82) is 0 Å². The molecule has 0 saturated heterocycles. The van der Waals surface area contributed by atoms with Crippen molar-refractivity contribution in [2.24, 2.45) is 29.0 Å². The molecule has 0 aromatic heterocycles. The normalized spacial score (nSPS) is 15.7. The number of carboxylic acid groups (broad SMARTS) is 1. The van der Waals surface area contributed by atoms with Crippen LogP contribution in [0.15, 0.2) is 0 Å². The first-order valence-electron chi connectivity index (χ1n) is 16.3. The molecule has 290 valence electrons. The maximum atomic E-state index is 13.4. The van der Waals surface area contributed by atoms with E-state index < -0.39 is 121 Å². The number of primary amides is 2. The molecular weight excluding hydrogens is 678 g/mol. The first kappa shape index (κ1) is 46.1. The summed E-state index contributed by atoms with van der Waals surface area (Å²) in [5.41, 5.74) is 16.0. The SMILES string of the molecule is CC[C@H](C)[C@H](NC(=O)[C@H](CC(C)C)NC(=O)[C@H](CC(N)=O)NC(=O)[C@H](CO)NC(=O)[C@H](C)NC(=O)[C@@H](N)CCC(N)=O)C(=O)N[C@@H](CO)C(=O)O. The van der Waals surface area contributed by atoms with Crippen LogP contribution in [0.3, 0.4) is 0 Å². The quantitative estimate of drug-likeness (QED) is 0.0441. The van der Waals surface area contributed by atoms with Gasteiger partial charge in [0.2, 0.25) is 47.3 Å². The van der Waals surface area contributed by atoms with Crippen LogP contribution in [-0.4, -0.2) is 124 Å². The van der Waals surface area contributed by atoms with Crippen LogP contribution in [0.1, 0.15) is 66.7 Å². The number of carbonyl (C=O) groups is 9. The predicted octanol–water partition coefficient (Wildman–Crippen LogP) is -5.46. The zero-order valence-corrected chi connectivity index (χ0v) is 29.4. The van der Waals surface area contributed by atoms with Gasteiger partial charge < -0.3 is 64.4 Å². The largest absolute Gasteiger partial charge is 0.480 e. The van der Waals surface area contributed by atoms with E-state index in [2.05, 4.69) is 31.9 Å². The Labute approximate surface area is 294 Å². The standard InChI is InChI=1S/C30H53N9O12/c1-6-14(4)23(29(49)38-20(12-41)30(50)51)39-27(47)17(9-13(2)3)35-26(46)18(10-22(33)43)36-28(48)19(11-40)37-24(44)15(5)34-25(45)16(31)7-8-21(32)42/h13-20,23,40-41H,6-12,31H2,1-5H3,(H2,32,42)(H2,33,43)(H,34,45)(H,35,46)(H,36,48)(H,37,44)(H,38,49)(H,39,47)(H,50,51)/t14-,15-,16-,17-,18-,19-,20-,23-/m0/s1. The number of carboxylic acids is 1. The molecule has 0 unspecified atom stereocenters. The lowest BCUT2D eigenvalue weighted by Gasteiger charge is -2.29. The van der Waals surface area contributed by atoms with Crippen LogP contribution in [-0.2, 0) is 43.2 Å². The monoisotopic (exact) mass is 731 g/mol. The third-order valence-corrected chi connectivity index (χ3v) is 7.57. The van der Waals surface area contributed by atoms with Gasteiger partial charge in [-0.15, -0.1) is 0 Å². The molecule has 8 atom stereocenters. The van der Waals surface area contributed by atoms with Gasteiger partial charge in [0.15, 0.2) is 0 Å². The molecule has 15 N–H and O–H groups in total. The highest BCUT2D eigenvalue weighted by atomic mass is 16.4. The van der Waals surface area contributed by atoms with Gasteiger partial charge in [-0.05, 0) is 31.6 Å². The van der Waals surface area contributed by atoms with E-state index in [-0.39, 0.29) is 25.2 Å². The minimum absolute atomic E-state index is 0.00314. The van der Waals surface area contributed by atoms with Gasteiger partial charge in [-0.2, -0.15) is 0 Å². The second kappa shape index (κ2) is 22.8. The van der Waals surface area contributed by atoms with E-state index in [0.717, 1.165) is 0 Å². The molecule has 0 aromatic rings. The Hall–Kier alpha value is -4.89. The second-order valence-corrected chi connectivity index (χ2v) is 12.5. The third-order valence-electron chi connectivity index (χ3n) is 7.57. The van der Waals surface area contributed by atoms with Crippen molar-refractivity contribution in [2.45, 2.75) is 109 Å². The fraction of sp³-hybridized carbons (Fsp3) is 0.700. The molecule has 0 heterocycles. The molecule has 0 bridgehead atoms. The van der Waals surface area contributed by atoms with Crippen molar-refractivity contribution in [2.75, 3.05) is 13.2 Å². The molecule has 0 fully saturated rings. The number of hydrogen-bond acceptors (Lipinski definition) is 12. The predicted molar refractivity (Wildman–Crippen MR) is 178 cm³/mol. The maximum absolute atomic E-state index is 13.4. The lowest BCUT2D eigenvalue weighted by Crippen LogP contribution is -2.61. The lowest BCUT2D eigenvalue weighted by atomic mass is 9.96. The van der Waals surface area contributed by atoms with Crippen molar-refractivity contribution < 1.29 is 58.5 Å². The highest BCUT2D eigenvalue weighted by Gasteiger charge is 2.35. The zero-order valence-electron chi connectivity index (χ0n) is 29.4. The van der Waals surface area contributed by atoms with E-state index in [0.29, 0.717) is 6.42 Å². The first-order chi connectivity index (χ1) is 23.7. The number of amides is 8. The van der Waals surface area contributed by atoms with Gasteiger partial charge in [-0.1, -0.05) is 34.1 Å². The summed E-state index contributed by atoms with van der Waals surface area (Å²) in [5.74, 6) is -9.69. The smallest absolute Gasteiger partial charge is 0.328 e. The van der Waals surface area contributed by atoms with Crippen molar-refractivity contribution in [1.82, 2.24) is 31.9 Å². The molecule has 51 heavy (non-hydrogen) atoms. The Balaban J connectivity index is 5.90. The third kappa shape index (κ3) is 17.1. The van der Waals surface area contributed by atoms with Crippen LogP contribution in [0.25, 0.3) is 0 Å². The van der Waals surface area contributed by atoms with Crippen molar-refractivity contribution >= 4 is 53.2 Å². The summed E-state index contributed by atoms with van der Waals surface area (Å²) in [6.45, 7) is 6.12. The molecule has 0 radical (unpaired) electrons. The number of aliphatic hydroxyl groups excluding tert-OH is 2. The first-order valence-corrected chi connectivity index (χ1v) is 16.3. The van der Waals surface area contributed by atoms with Crippen LogP contribution in [0.4, 0.5) is 0 Å². The molecule has 0 aromatic carbocycles. The summed E-state index contributed by atoms with van der Waals surface area (Å²) in [6.07, 6.45) is -0.678. The molecule has 0 saturated carbocycles. The number of aliphatic hydroxyl groups is 2. The number of nitrogens with one attached hydrogen (secondary N) is 6. The Morgan fingerprint density at radius 2 is 1.10 bits per heavy atom. The molecule has 21 heteroatoms. The minimum atomic E-state index is -1.71. The van der Waals surface area contributed by atoms with Gasteiger partial charge in [-0.3, -0.25) is 38.4 Å². The molecule has 0 spiro atoms. The average molecular weight is 732 g/mol. The number of hydrogen-bond donors (Lipinski definition) is 12. The summed E-state index contributed by atoms with van der Waals surface area (Å²) in [5, 5.41) is 42.1. The van der Waals surface area contributed by atoms with Crippen LogP contribution in [0, 0.1) is 11.8 Å². The summed E-state index contributed by atoms with van der Waals surface area (Å²) in [7, 11) is 0. The fourth-order valence-corrected chi connectivity index (χ4v) is 4.37. The average Bonchev–Trinajstić information content (AvgIpc) is 3.04. The number of carbonyl (C=O) groups excluding carboxylic acids is 8. The number of rotatable bonds is 24. The maximum Gasteiger partial charge on any atom is 0.328 e. The molecule has 8 amide bonds. The fourth-order valence-electron chi connectivity index (χ4n) is 4.37. The molecular formula is C30H53N9O12. The van der Waals surface area contributed by atoms with E-state index in [1.807, 2.05) is 0 Å². The van der Waals surface area contributed by atoms with E-state index in [9.17, 15) is 58.5 Å². The van der Waals surface area contributed by atoms with E-state index in [4.69, 9.17) is 17.2 Å². The summed E-state index contributed by atoms with van der Waals surface area (Å²) in [6, 6.07) is -10.1. The topological polar surface area (TPSA) is 365 Å². The molecule has 0 aliphatic heterocycles. The van der Waals surface area contributed by atoms with Gasteiger partial charge in [0, 0.05) is 6.42 Å². The van der Waals surface area contributed by atoms with Gasteiger partial charge in [0.1, 0.15) is 36.3 Å². The Bertz CT molecular complexity index is 1260. The van der Waals surface area contributed by atoms with E-state index in [1.54, 1.807) is 27.7 Å². The van der Waals surface area contributed by atoms with Crippen LogP contribution < -0.4 is 49.1 Å². The molecule has 0 aliphatic carbocycles. The highest BCUT2D eigenvalue weighted by molar-refractivity contribution is 5.98. The summed E-state index contributed by atoms with van der Waals surface area (Å²) in [4.78, 5) is 112. The molecule has 0 rings (SSSR count). The van der Waals surface area contributed by atoms with Crippen molar-refractivity contribution in [3.8, 4) is 0 Å². The van der Waals surface area contributed by atoms with Crippen molar-refractivity contribution in [3.05, 3.63) is 0 Å². The highest BCUT2D eigenvalue weighted by Crippen LogP contribution is 2.12.